The number of carbonyl (C=O) groups is 1. The molecule has 108 valence electrons. The molecule has 0 aromatic heterocycles. The van der Waals surface area contributed by atoms with Crippen LogP contribution in [0.2, 0.25) is 0 Å². The van der Waals surface area contributed by atoms with Gasteiger partial charge in [0.1, 0.15) is 18.2 Å². The van der Waals surface area contributed by atoms with Crippen molar-refractivity contribution in [2.45, 2.75) is 26.0 Å². The van der Waals surface area contributed by atoms with Crippen molar-refractivity contribution in [1.29, 1.82) is 0 Å². The van der Waals surface area contributed by atoms with Gasteiger partial charge in [0.2, 0.25) is 5.91 Å². The molecule has 1 N–H and O–H groups in total. The van der Waals surface area contributed by atoms with Crippen LogP contribution in [0, 0.1) is 5.82 Å². The van der Waals surface area contributed by atoms with Gasteiger partial charge in [-0.15, -0.1) is 0 Å². The van der Waals surface area contributed by atoms with Gasteiger partial charge in [0.25, 0.3) is 0 Å². The number of ether oxygens (including phenoxy) is 1. The summed E-state index contributed by atoms with van der Waals surface area (Å²) in [4.78, 5) is 11.4. The first kappa shape index (κ1) is 13.6. The third kappa shape index (κ3) is 3.40. The number of rotatable bonds is 3. The second-order valence-electron chi connectivity index (χ2n) is 5.13. The molecule has 0 radical (unpaired) electrons. The standard InChI is InChI=1S/C17H16FNO2/c18-15-3-1-2-12(8-15)11-21-16-6-4-14-10-19-17(20)7-5-13(14)9-16/h1-4,6,8-9H,5,7,10-11H2,(H,19,20). The van der Waals surface area contributed by atoms with Crippen molar-refractivity contribution in [2.75, 3.05) is 0 Å². The largest absolute Gasteiger partial charge is 0.489 e. The van der Waals surface area contributed by atoms with Gasteiger partial charge in [-0.05, 0) is 47.4 Å². The SMILES string of the molecule is O=C1CCc2cc(OCc3cccc(F)c3)ccc2CN1. The molecule has 0 fully saturated rings. The molecule has 0 unspecified atom stereocenters. The van der Waals surface area contributed by atoms with Gasteiger partial charge in [0.15, 0.2) is 0 Å². The van der Waals surface area contributed by atoms with E-state index in [2.05, 4.69) is 5.32 Å². The molecule has 1 aliphatic heterocycles. The van der Waals surface area contributed by atoms with Gasteiger partial charge in [-0.25, -0.2) is 4.39 Å². The van der Waals surface area contributed by atoms with Crippen molar-refractivity contribution in [3.05, 3.63) is 65.0 Å². The first-order valence-corrected chi connectivity index (χ1v) is 6.96. The Labute approximate surface area is 122 Å². The topological polar surface area (TPSA) is 38.3 Å². The minimum atomic E-state index is -0.261. The lowest BCUT2D eigenvalue weighted by Crippen LogP contribution is -2.20. The summed E-state index contributed by atoms with van der Waals surface area (Å²) in [5, 5.41) is 2.86. The number of carbonyl (C=O) groups excluding carboxylic acids is 1. The van der Waals surface area contributed by atoms with Crippen LogP contribution in [-0.4, -0.2) is 5.91 Å². The third-order valence-corrected chi connectivity index (χ3v) is 3.57. The van der Waals surface area contributed by atoms with Crippen molar-refractivity contribution in [3.63, 3.8) is 0 Å². The molecule has 2 aromatic carbocycles. The summed E-state index contributed by atoms with van der Waals surface area (Å²) in [6.07, 6.45) is 1.22. The summed E-state index contributed by atoms with van der Waals surface area (Å²) in [5.74, 6) is 0.559. The number of nitrogens with one attached hydrogen (secondary N) is 1. The summed E-state index contributed by atoms with van der Waals surface area (Å²) in [6.45, 7) is 0.895. The summed E-state index contributed by atoms with van der Waals surface area (Å²) in [5.41, 5.74) is 3.05. The first-order chi connectivity index (χ1) is 10.2. The lowest BCUT2D eigenvalue weighted by Gasteiger charge is -2.10. The zero-order valence-electron chi connectivity index (χ0n) is 11.6. The van der Waals surface area contributed by atoms with Gasteiger partial charge in [-0.1, -0.05) is 18.2 Å². The fraction of sp³-hybridized carbons (Fsp3) is 0.235. The monoisotopic (exact) mass is 285 g/mol. The summed E-state index contributed by atoms with van der Waals surface area (Å²) in [6, 6.07) is 12.2. The number of hydrogen-bond acceptors (Lipinski definition) is 2. The molecule has 0 saturated carbocycles. The highest BCUT2D eigenvalue weighted by Crippen LogP contribution is 2.22. The van der Waals surface area contributed by atoms with E-state index in [0.717, 1.165) is 28.9 Å². The van der Waals surface area contributed by atoms with Gasteiger partial charge in [0, 0.05) is 13.0 Å². The second-order valence-corrected chi connectivity index (χ2v) is 5.13. The highest BCUT2D eigenvalue weighted by molar-refractivity contribution is 5.77. The second kappa shape index (κ2) is 5.95. The number of hydrogen-bond donors (Lipinski definition) is 1. The van der Waals surface area contributed by atoms with Crippen molar-refractivity contribution in [2.24, 2.45) is 0 Å². The van der Waals surface area contributed by atoms with Crippen molar-refractivity contribution in [1.82, 2.24) is 5.32 Å². The van der Waals surface area contributed by atoms with Gasteiger partial charge in [-0.2, -0.15) is 0 Å². The van der Waals surface area contributed by atoms with E-state index < -0.39 is 0 Å². The molecular weight excluding hydrogens is 269 g/mol. The smallest absolute Gasteiger partial charge is 0.220 e. The molecule has 0 saturated heterocycles. The van der Waals surface area contributed by atoms with Crippen LogP contribution in [0.5, 0.6) is 5.75 Å². The van der Waals surface area contributed by atoms with Crippen LogP contribution in [0.4, 0.5) is 4.39 Å². The molecule has 21 heavy (non-hydrogen) atoms. The van der Waals surface area contributed by atoms with Gasteiger partial charge in [-0.3, -0.25) is 4.79 Å². The van der Waals surface area contributed by atoms with Crippen LogP contribution < -0.4 is 10.1 Å². The normalized spacial score (nSPS) is 14.0. The van der Waals surface area contributed by atoms with Crippen LogP contribution in [0.25, 0.3) is 0 Å². The van der Waals surface area contributed by atoms with E-state index in [9.17, 15) is 9.18 Å². The molecule has 1 amide bonds. The number of halogens is 1. The quantitative estimate of drug-likeness (QED) is 0.941. The molecular formula is C17H16FNO2. The van der Waals surface area contributed by atoms with Crippen LogP contribution in [0.15, 0.2) is 42.5 Å². The van der Waals surface area contributed by atoms with Crippen LogP contribution >= 0.6 is 0 Å². The van der Waals surface area contributed by atoms with E-state index in [0.29, 0.717) is 19.6 Å². The number of amides is 1. The zero-order valence-corrected chi connectivity index (χ0v) is 11.6. The van der Waals surface area contributed by atoms with E-state index in [1.54, 1.807) is 6.07 Å². The highest BCUT2D eigenvalue weighted by Gasteiger charge is 2.12. The van der Waals surface area contributed by atoms with Gasteiger partial charge in [0.05, 0.1) is 0 Å². The Hall–Kier alpha value is -2.36. The van der Waals surface area contributed by atoms with Crippen molar-refractivity contribution < 1.29 is 13.9 Å². The predicted molar refractivity (Wildman–Crippen MR) is 77.3 cm³/mol. The minimum Gasteiger partial charge on any atom is -0.489 e. The Morgan fingerprint density at radius 3 is 2.86 bits per heavy atom. The molecule has 2 aromatic rings. The van der Waals surface area contributed by atoms with E-state index in [1.807, 2.05) is 24.3 Å². The lowest BCUT2D eigenvalue weighted by molar-refractivity contribution is -0.121. The first-order valence-electron chi connectivity index (χ1n) is 6.96. The maximum absolute atomic E-state index is 13.1. The van der Waals surface area contributed by atoms with Gasteiger partial charge >= 0.3 is 0 Å². The Bertz CT molecular complexity index is 670. The van der Waals surface area contributed by atoms with Crippen LogP contribution in [0.3, 0.4) is 0 Å². The molecule has 0 bridgehead atoms. The zero-order chi connectivity index (χ0) is 14.7. The lowest BCUT2D eigenvalue weighted by atomic mass is 10.0. The number of fused-ring (bicyclic) bond motifs is 1. The van der Waals surface area contributed by atoms with Crippen LogP contribution in [-0.2, 0) is 24.4 Å². The Morgan fingerprint density at radius 1 is 1.10 bits per heavy atom. The Morgan fingerprint density at radius 2 is 2.00 bits per heavy atom. The van der Waals surface area contributed by atoms with Crippen LogP contribution in [0.1, 0.15) is 23.1 Å². The Kier molecular flexibility index (Phi) is 3.86. The third-order valence-electron chi connectivity index (χ3n) is 3.57. The molecule has 0 atom stereocenters. The Balaban J connectivity index is 1.71. The maximum atomic E-state index is 13.1. The average molecular weight is 285 g/mol. The predicted octanol–water partition coefficient (Wildman–Crippen LogP) is 2.97. The molecule has 1 heterocycles. The fourth-order valence-corrected chi connectivity index (χ4v) is 2.42. The number of benzene rings is 2. The van der Waals surface area contributed by atoms with E-state index in [4.69, 9.17) is 4.74 Å². The highest BCUT2D eigenvalue weighted by atomic mass is 19.1. The minimum absolute atomic E-state index is 0.0772. The fourth-order valence-electron chi connectivity index (χ4n) is 2.42. The molecule has 3 nitrogen and oxygen atoms in total. The molecule has 3 rings (SSSR count). The molecule has 1 aliphatic rings. The molecule has 0 aliphatic carbocycles. The van der Waals surface area contributed by atoms with E-state index in [-0.39, 0.29) is 11.7 Å². The molecule has 4 heteroatoms. The van der Waals surface area contributed by atoms with Crippen molar-refractivity contribution in [3.8, 4) is 5.75 Å². The van der Waals surface area contributed by atoms with Gasteiger partial charge < -0.3 is 10.1 Å². The molecule has 0 spiro atoms. The summed E-state index contributed by atoms with van der Waals surface area (Å²) in [7, 11) is 0. The number of aryl methyl sites for hydroxylation is 1. The summed E-state index contributed by atoms with van der Waals surface area (Å²) < 4.78 is 18.8. The maximum Gasteiger partial charge on any atom is 0.220 e. The van der Waals surface area contributed by atoms with E-state index in [1.165, 1.54) is 12.1 Å². The average Bonchev–Trinajstić information content (AvgIpc) is 2.67. The van der Waals surface area contributed by atoms with E-state index >= 15 is 0 Å². The van der Waals surface area contributed by atoms with Crippen molar-refractivity contribution >= 4 is 5.91 Å². The summed E-state index contributed by atoms with van der Waals surface area (Å²) >= 11 is 0.